The van der Waals surface area contributed by atoms with Crippen LogP contribution in [0, 0.1) is 0 Å². The molecule has 1 fully saturated rings. The minimum atomic E-state index is -2.15. The van der Waals surface area contributed by atoms with E-state index in [0.29, 0.717) is 13.2 Å². The summed E-state index contributed by atoms with van der Waals surface area (Å²) in [6.07, 6.45) is 1.15. The molecule has 5 heteroatoms. The maximum absolute atomic E-state index is 5.87. The average Bonchev–Trinajstić information content (AvgIpc) is 2.15. The molecule has 1 atom stereocenters. The molecule has 84 valence electrons. The molecular formula is C9H20O4Si. The average molecular weight is 220 g/mol. The number of hydrogen-bond acceptors (Lipinski definition) is 4. The Balaban J connectivity index is 2.49. The first kappa shape index (κ1) is 12.1. The molecule has 0 N–H and O–H groups in total. The van der Waals surface area contributed by atoms with Gasteiger partial charge in [-0.2, -0.15) is 0 Å². The van der Waals surface area contributed by atoms with E-state index in [2.05, 4.69) is 6.92 Å². The van der Waals surface area contributed by atoms with Crippen molar-refractivity contribution in [2.75, 3.05) is 27.4 Å². The highest BCUT2D eigenvalue weighted by Gasteiger charge is 2.41. The van der Waals surface area contributed by atoms with E-state index in [-0.39, 0.29) is 11.8 Å². The normalized spacial score (nSPS) is 20.6. The quantitative estimate of drug-likeness (QED) is 0.628. The van der Waals surface area contributed by atoms with Crippen LogP contribution in [0.5, 0.6) is 0 Å². The van der Waals surface area contributed by atoms with Crippen LogP contribution in [0.4, 0.5) is 0 Å². The molecular weight excluding hydrogens is 200 g/mol. The fourth-order valence-electron chi connectivity index (χ4n) is 1.46. The van der Waals surface area contributed by atoms with Crippen molar-refractivity contribution in [3.63, 3.8) is 0 Å². The van der Waals surface area contributed by atoms with Gasteiger partial charge < -0.3 is 18.3 Å². The van der Waals surface area contributed by atoms with Gasteiger partial charge in [-0.05, 0) is 13.0 Å². The molecule has 0 aromatic rings. The van der Waals surface area contributed by atoms with Crippen LogP contribution in [0.15, 0.2) is 0 Å². The van der Waals surface area contributed by atoms with Crippen LogP contribution in [0.2, 0.25) is 6.55 Å². The molecule has 0 radical (unpaired) electrons. The van der Waals surface area contributed by atoms with Gasteiger partial charge in [0.05, 0.1) is 13.2 Å². The summed E-state index contributed by atoms with van der Waals surface area (Å²) in [7, 11) is 1.24. The van der Waals surface area contributed by atoms with Crippen molar-refractivity contribution in [2.45, 2.75) is 31.7 Å². The molecule has 1 aliphatic rings. The molecule has 1 aliphatic heterocycles. The predicted octanol–water partition coefficient (Wildman–Crippen LogP) is 1.08. The first-order valence-corrected chi connectivity index (χ1v) is 7.39. The molecule has 1 saturated heterocycles. The van der Waals surface area contributed by atoms with E-state index in [0.717, 1.165) is 6.42 Å². The van der Waals surface area contributed by atoms with Crippen LogP contribution in [0.1, 0.15) is 13.3 Å². The molecule has 14 heavy (non-hydrogen) atoms. The van der Waals surface area contributed by atoms with E-state index in [1.807, 2.05) is 6.55 Å². The second-order valence-corrected chi connectivity index (χ2v) is 7.11. The SMILES string of the molecule is CCC(OC1COC1)[Si](C)(OC)OC. The molecule has 0 bridgehead atoms. The van der Waals surface area contributed by atoms with Gasteiger partial charge in [0.1, 0.15) is 11.8 Å². The second kappa shape index (κ2) is 5.23. The number of ether oxygens (including phenoxy) is 2. The lowest BCUT2D eigenvalue weighted by atomic mass is 10.3. The van der Waals surface area contributed by atoms with Crippen LogP contribution in [-0.4, -0.2) is 47.8 Å². The van der Waals surface area contributed by atoms with Gasteiger partial charge in [-0.3, -0.25) is 0 Å². The van der Waals surface area contributed by atoms with E-state index in [1.54, 1.807) is 14.2 Å². The monoisotopic (exact) mass is 220 g/mol. The van der Waals surface area contributed by atoms with E-state index >= 15 is 0 Å². The highest BCUT2D eigenvalue weighted by atomic mass is 28.4. The summed E-state index contributed by atoms with van der Waals surface area (Å²) in [4.78, 5) is 0. The molecule has 0 aromatic heterocycles. The molecule has 1 heterocycles. The standard InChI is InChI=1S/C9H20O4Si/c1-5-9(13-8-6-12-7-8)14(4,10-2)11-3/h8-9H,5-7H2,1-4H3. The summed E-state index contributed by atoms with van der Waals surface area (Å²) < 4.78 is 21.9. The highest BCUT2D eigenvalue weighted by Crippen LogP contribution is 2.20. The Morgan fingerprint density at radius 1 is 1.36 bits per heavy atom. The Labute approximate surface area is 86.7 Å². The fraction of sp³-hybridized carbons (Fsp3) is 1.00. The van der Waals surface area contributed by atoms with Gasteiger partial charge >= 0.3 is 8.56 Å². The topological polar surface area (TPSA) is 36.9 Å². The van der Waals surface area contributed by atoms with Gasteiger partial charge in [0, 0.05) is 14.2 Å². The third-order valence-corrected chi connectivity index (χ3v) is 6.07. The molecule has 0 aromatic carbocycles. The van der Waals surface area contributed by atoms with Gasteiger partial charge in [-0.1, -0.05) is 6.92 Å². The summed E-state index contributed by atoms with van der Waals surface area (Å²) in [5, 5.41) is 0. The third kappa shape index (κ3) is 2.55. The smallest absolute Gasteiger partial charge is 0.364 e. The zero-order chi connectivity index (χ0) is 10.6. The predicted molar refractivity (Wildman–Crippen MR) is 55.4 cm³/mol. The van der Waals surface area contributed by atoms with Crippen molar-refractivity contribution in [1.82, 2.24) is 0 Å². The van der Waals surface area contributed by atoms with Crippen molar-refractivity contribution in [3.8, 4) is 0 Å². The Hall–Kier alpha value is 0.0569. The van der Waals surface area contributed by atoms with Crippen molar-refractivity contribution in [2.24, 2.45) is 0 Å². The Bertz CT molecular complexity index is 168. The zero-order valence-electron chi connectivity index (χ0n) is 9.41. The van der Waals surface area contributed by atoms with Crippen molar-refractivity contribution < 1.29 is 18.3 Å². The summed E-state index contributed by atoms with van der Waals surface area (Å²) in [6, 6.07) is 0. The van der Waals surface area contributed by atoms with Crippen LogP contribution >= 0.6 is 0 Å². The van der Waals surface area contributed by atoms with Crippen molar-refractivity contribution >= 4 is 8.56 Å². The first-order valence-electron chi connectivity index (χ1n) is 4.99. The van der Waals surface area contributed by atoms with Gasteiger partial charge in [0.2, 0.25) is 0 Å². The summed E-state index contributed by atoms with van der Waals surface area (Å²) >= 11 is 0. The summed E-state index contributed by atoms with van der Waals surface area (Å²) in [5.41, 5.74) is 0.0893. The molecule has 0 aliphatic carbocycles. The zero-order valence-corrected chi connectivity index (χ0v) is 10.4. The second-order valence-electron chi connectivity index (χ2n) is 3.62. The molecule has 4 nitrogen and oxygen atoms in total. The Kier molecular flexibility index (Phi) is 4.53. The molecule has 0 spiro atoms. The van der Waals surface area contributed by atoms with Crippen molar-refractivity contribution in [1.29, 1.82) is 0 Å². The van der Waals surface area contributed by atoms with E-state index in [4.69, 9.17) is 18.3 Å². The minimum Gasteiger partial charge on any atom is -0.396 e. The fourth-order valence-corrected chi connectivity index (χ4v) is 3.34. The largest absolute Gasteiger partial charge is 0.396 e. The van der Waals surface area contributed by atoms with E-state index < -0.39 is 8.56 Å². The Morgan fingerprint density at radius 3 is 2.21 bits per heavy atom. The van der Waals surface area contributed by atoms with Crippen LogP contribution in [0.3, 0.4) is 0 Å². The maximum Gasteiger partial charge on any atom is 0.364 e. The van der Waals surface area contributed by atoms with E-state index in [9.17, 15) is 0 Å². The van der Waals surface area contributed by atoms with E-state index in [1.165, 1.54) is 0 Å². The van der Waals surface area contributed by atoms with Gasteiger partial charge in [0.25, 0.3) is 0 Å². The van der Waals surface area contributed by atoms with Crippen molar-refractivity contribution in [3.05, 3.63) is 0 Å². The molecule has 1 unspecified atom stereocenters. The minimum absolute atomic E-state index is 0.0893. The molecule has 1 rings (SSSR count). The Morgan fingerprint density at radius 2 is 1.93 bits per heavy atom. The molecule has 0 amide bonds. The van der Waals surface area contributed by atoms with Gasteiger partial charge in [-0.25, -0.2) is 0 Å². The highest BCUT2D eigenvalue weighted by molar-refractivity contribution is 6.67. The van der Waals surface area contributed by atoms with Crippen LogP contribution < -0.4 is 0 Å². The number of rotatable bonds is 6. The summed E-state index contributed by atoms with van der Waals surface area (Å²) in [6.45, 7) is 5.52. The first-order chi connectivity index (χ1) is 6.66. The lowest BCUT2D eigenvalue weighted by molar-refractivity contribution is -0.146. The van der Waals surface area contributed by atoms with Crippen LogP contribution in [0.25, 0.3) is 0 Å². The lowest BCUT2D eigenvalue weighted by Gasteiger charge is -2.36. The third-order valence-electron chi connectivity index (χ3n) is 2.73. The summed E-state index contributed by atoms with van der Waals surface area (Å²) in [5.74, 6) is 0. The van der Waals surface area contributed by atoms with Gasteiger partial charge in [0.15, 0.2) is 0 Å². The maximum atomic E-state index is 5.87. The lowest BCUT2D eigenvalue weighted by Crippen LogP contribution is -2.54. The number of hydrogen-bond donors (Lipinski definition) is 0. The molecule has 0 saturated carbocycles. The van der Waals surface area contributed by atoms with Gasteiger partial charge in [-0.15, -0.1) is 0 Å². The van der Waals surface area contributed by atoms with Crippen LogP contribution in [-0.2, 0) is 18.3 Å².